The summed E-state index contributed by atoms with van der Waals surface area (Å²) in [6.07, 6.45) is 0.186. The smallest absolute Gasteiger partial charge is 0.280 e. The monoisotopic (exact) mass is 399 g/mol. The normalized spacial score (nSPS) is 23.7. The first kappa shape index (κ1) is 19.2. The molecule has 0 saturated carbocycles. The van der Waals surface area contributed by atoms with E-state index in [4.69, 9.17) is 9.47 Å². The quantitative estimate of drug-likeness (QED) is 0.815. The topological polar surface area (TPSA) is 43.2 Å². The van der Waals surface area contributed by atoms with Crippen molar-refractivity contribution in [3.8, 4) is 5.75 Å². The lowest BCUT2D eigenvalue weighted by Gasteiger charge is -2.37. The van der Waals surface area contributed by atoms with Gasteiger partial charge in [0.25, 0.3) is 5.91 Å². The van der Waals surface area contributed by atoms with Crippen LogP contribution < -0.4 is 9.64 Å². The number of carbonyl (C=O) groups excluding carboxylic acids is 1. The Morgan fingerprint density at radius 1 is 1.42 bits per heavy atom. The molecule has 0 aromatic heterocycles. The fraction of sp³-hybridized carbons (Fsp3) is 0.611. The summed E-state index contributed by atoms with van der Waals surface area (Å²) < 4.78 is 12.2. The van der Waals surface area contributed by atoms with Gasteiger partial charge >= 0.3 is 0 Å². The minimum Gasteiger partial charge on any atom is -0.496 e. The molecule has 1 saturated heterocycles. The number of quaternary nitrogens is 1. The Morgan fingerprint density at radius 2 is 2.04 bits per heavy atom. The van der Waals surface area contributed by atoms with Gasteiger partial charge in [0.15, 0.2) is 6.04 Å². The molecule has 1 N–H and O–H groups in total. The van der Waals surface area contributed by atoms with Crippen LogP contribution in [-0.4, -0.2) is 56.3 Å². The van der Waals surface area contributed by atoms with Crippen LogP contribution in [0.2, 0.25) is 0 Å². The van der Waals surface area contributed by atoms with Crippen LogP contribution in [0.1, 0.15) is 26.3 Å². The third-order valence-electron chi connectivity index (χ3n) is 4.55. The van der Waals surface area contributed by atoms with Crippen LogP contribution in [0.4, 0.5) is 0 Å². The fourth-order valence-electron chi connectivity index (χ4n) is 3.18. The second-order valence-corrected chi connectivity index (χ2v) is 7.62. The van der Waals surface area contributed by atoms with Crippen LogP contribution in [0, 0.1) is 0 Å². The molecule has 1 aliphatic rings. The predicted molar refractivity (Wildman–Crippen MR) is 97.3 cm³/mol. The predicted octanol–water partition coefficient (Wildman–Crippen LogP) is 1.50. The van der Waals surface area contributed by atoms with Gasteiger partial charge in [0, 0.05) is 23.1 Å². The zero-order chi connectivity index (χ0) is 17.9. The zero-order valence-corrected chi connectivity index (χ0v) is 16.7. The number of nitrogens with zero attached hydrogens (tertiary/aromatic N) is 1. The minimum atomic E-state index is -0.119. The van der Waals surface area contributed by atoms with Crippen molar-refractivity contribution in [1.29, 1.82) is 0 Å². The van der Waals surface area contributed by atoms with Crippen molar-refractivity contribution >= 4 is 21.8 Å². The van der Waals surface area contributed by atoms with Gasteiger partial charge in [0.05, 0.1) is 26.4 Å². The van der Waals surface area contributed by atoms with E-state index >= 15 is 0 Å². The van der Waals surface area contributed by atoms with E-state index in [2.05, 4.69) is 29.0 Å². The number of morpholine rings is 1. The van der Waals surface area contributed by atoms with Gasteiger partial charge < -0.3 is 19.3 Å². The van der Waals surface area contributed by atoms with Crippen LogP contribution in [0.5, 0.6) is 5.75 Å². The summed E-state index contributed by atoms with van der Waals surface area (Å²) in [7, 11) is 3.73. The van der Waals surface area contributed by atoms with Gasteiger partial charge in [-0.15, -0.1) is 0 Å². The van der Waals surface area contributed by atoms with Crippen molar-refractivity contribution in [3.05, 3.63) is 28.2 Å². The fourth-order valence-corrected chi connectivity index (χ4v) is 3.59. The Bertz CT molecular complexity index is 571. The number of halogens is 1. The van der Waals surface area contributed by atoms with E-state index in [0.717, 1.165) is 27.2 Å². The molecule has 1 unspecified atom stereocenters. The summed E-state index contributed by atoms with van der Waals surface area (Å²) in [6, 6.07) is 5.84. The number of benzene rings is 1. The maximum atomic E-state index is 12.9. The average molecular weight is 400 g/mol. The van der Waals surface area contributed by atoms with E-state index in [1.165, 1.54) is 0 Å². The van der Waals surface area contributed by atoms with Crippen molar-refractivity contribution in [2.75, 3.05) is 27.2 Å². The van der Waals surface area contributed by atoms with Crippen LogP contribution in [0.25, 0.3) is 0 Å². The van der Waals surface area contributed by atoms with Gasteiger partial charge in [-0.1, -0.05) is 15.9 Å². The molecule has 1 fully saturated rings. The molecule has 4 atom stereocenters. The SMILES string of the molecule is COc1ccc(Br)cc1C[NH+](C)[C@H](C)C(=O)N1C[C@H](C)O[C@@H](C)C1. The maximum absolute atomic E-state index is 12.9. The number of rotatable bonds is 5. The largest absolute Gasteiger partial charge is 0.496 e. The molecule has 5 nitrogen and oxygen atoms in total. The molecule has 6 heteroatoms. The first-order valence-corrected chi connectivity index (χ1v) is 9.20. The number of carbonyl (C=O) groups is 1. The summed E-state index contributed by atoms with van der Waals surface area (Å²) in [5, 5.41) is 0. The Balaban J connectivity index is 2.05. The summed E-state index contributed by atoms with van der Waals surface area (Å²) >= 11 is 3.50. The lowest BCUT2D eigenvalue weighted by Crippen LogP contribution is -3.12. The van der Waals surface area contributed by atoms with Crippen LogP contribution in [0.15, 0.2) is 22.7 Å². The van der Waals surface area contributed by atoms with E-state index in [-0.39, 0.29) is 24.2 Å². The summed E-state index contributed by atoms with van der Waals surface area (Å²) in [6.45, 7) is 8.09. The van der Waals surface area contributed by atoms with Gasteiger partial charge in [0.2, 0.25) is 0 Å². The van der Waals surface area contributed by atoms with Crippen LogP contribution >= 0.6 is 15.9 Å². The maximum Gasteiger partial charge on any atom is 0.280 e. The molecule has 1 aliphatic heterocycles. The van der Waals surface area contributed by atoms with E-state index in [1.807, 2.05) is 37.8 Å². The first-order valence-electron chi connectivity index (χ1n) is 8.40. The molecule has 0 bridgehead atoms. The summed E-state index contributed by atoms with van der Waals surface area (Å²) in [5.74, 6) is 1.04. The Kier molecular flexibility index (Phi) is 6.66. The molecule has 1 amide bonds. The highest BCUT2D eigenvalue weighted by Gasteiger charge is 2.32. The Hall–Kier alpha value is -1.11. The standard InChI is InChI=1S/C18H27BrN2O3/c1-12-9-21(10-13(2)24-12)18(22)14(3)20(4)11-15-8-16(19)6-7-17(15)23-5/h6-8,12-14H,9-11H2,1-5H3/p+1/t12-,13-,14+/m0/s1. The molecule has 1 heterocycles. The van der Waals surface area contributed by atoms with Crippen molar-refractivity contribution in [1.82, 2.24) is 4.90 Å². The van der Waals surface area contributed by atoms with Crippen molar-refractivity contribution < 1.29 is 19.2 Å². The average Bonchev–Trinajstić information content (AvgIpc) is 2.52. The van der Waals surface area contributed by atoms with Gasteiger partial charge in [-0.25, -0.2) is 0 Å². The van der Waals surface area contributed by atoms with Crippen LogP contribution in [0.3, 0.4) is 0 Å². The zero-order valence-electron chi connectivity index (χ0n) is 15.1. The van der Waals surface area contributed by atoms with E-state index in [1.54, 1.807) is 7.11 Å². The highest BCUT2D eigenvalue weighted by Crippen LogP contribution is 2.22. The number of methoxy groups -OCH3 is 1. The molecule has 1 aromatic rings. The third-order valence-corrected chi connectivity index (χ3v) is 5.05. The van der Waals surface area contributed by atoms with E-state index in [9.17, 15) is 4.79 Å². The second-order valence-electron chi connectivity index (χ2n) is 6.70. The van der Waals surface area contributed by atoms with E-state index < -0.39 is 0 Å². The van der Waals surface area contributed by atoms with Gasteiger partial charge in [0.1, 0.15) is 12.3 Å². The lowest BCUT2D eigenvalue weighted by molar-refractivity contribution is -0.908. The highest BCUT2D eigenvalue weighted by molar-refractivity contribution is 9.10. The van der Waals surface area contributed by atoms with Crippen molar-refractivity contribution in [2.45, 2.75) is 45.6 Å². The number of hydrogen-bond donors (Lipinski definition) is 1. The molecule has 0 aliphatic carbocycles. The number of ether oxygens (including phenoxy) is 2. The molecular formula is C18H28BrN2O3+. The molecule has 134 valence electrons. The van der Waals surface area contributed by atoms with Crippen molar-refractivity contribution in [3.63, 3.8) is 0 Å². The molecule has 24 heavy (non-hydrogen) atoms. The minimum absolute atomic E-state index is 0.0929. The molecule has 0 spiro atoms. The second kappa shape index (κ2) is 8.32. The third kappa shape index (κ3) is 4.71. The molecular weight excluding hydrogens is 372 g/mol. The molecule has 2 rings (SSSR count). The Morgan fingerprint density at radius 3 is 2.62 bits per heavy atom. The van der Waals surface area contributed by atoms with Crippen LogP contribution in [-0.2, 0) is 16.1 Å². The first-order chi connectivity index (χ1) is 11.3. The molecule has 0 radical (unpaired) electrons. The number of hydrogen-bond acceptors (Lipinski definition) is 3. The summed E-state index contributed by atoms with van der Waals surface area (Å²) in [4.78, 5) is 15.9. The molecule has 1 aromatic carbocycles. The Labute approximate surface area is 153 Å². The number of nitrogens with one attached hydrogen (secondary N) is 1. The van der Waals surface area contributed by atoms with Gasteiger partial charge in [-0.3, -0.25) is 4.79 Å². The number of amides is 1. The number of likely N-dealkylation sites (N-methyl/N-ethyl adjacent to an activating group) is 1. The van der Waals surface area contributed by atoms with E-state index in [0.29, 0.717) is 13.1 Å². The van der Waals surface area contributed by atoms with Gasteiger partial charge in [-0.05, 0) is 39.0 Å². The van der Waals surface area contributed by atoms with Crippen molar-refractivity contribution in [2.24, 2.45) is 0 Å². The summed E-state index contributed by atoms with van der Waals surface area (Å²) in [5.41, 5.74) is 1.09. The highest BCUT2D eigenvalue weighted by atomic mass is 79.9. The lowest BCUT2D eigenvalue weighted by atomic mass is 10.1. The van der Waals surface area contributed by atoms with Gasteiger partial charge in [-0.2, -0.15) is 0 Å².